The molecule has 1 saturated heterocycles. The van der Waals surface area contributed by atoms with Gasteiger partial charge in [-0.15, -0.1) is 0 Å². The van der Waals surface area contributed by atoms with E-state index in [9.17, 15) is 14.2 Å². The normalized spacial score (nSPS) is 34.6. The van der Waals surface area contributed by atoms with Crippen LogP contribution in [0, 0.1) is 0 Å². The molecule has 0 saturated carbocycles. The Morgan fingerprint density at radius 1 is 1.00 bits per heavy atom. The van der Waals surface area contributed by atoms with Crippen LogP contribution in [-0.2, 0) is 23.6 Å². The molecule has 0 bridgehead atoms. The number of rotatable bonds is 4. The third-order valence-electron chi connectivity index (χ3n) is 2.72. The number of carbonyl (C=O) groups excluding carboxylic acids is 2. The maximum Gasteiger partial charge on any atom is 0.324 e. The maximum absolute atomic E-state index is 12.1. The molecule has 98 valence electrons. The van der Waals surface area contributed by atoms with E-state index < -0.39 is 31.5 Å². The molecule has 2 unspecified atom stereocenters. The second-order valence-corrected chi connectivity index (χ2v) is 6.36. The molecule has 1 rings (SSSR count). The minimum Gasteiger partial charge on any atom is -0.468 e. The fraction of sp³-hybridized carbons (Fsp3) is 0.778. The van der Waals surface area contributed by atoms with Crippen LogP contribution in [0.4, 0.5) is 0 Å². The molecule has 0 amide bonds. The van der Waals surface area contributed by atoms with Gasteiger partial charge in [-0.3, -0.25) is 14.2 Å². The summed E-state index contributed by atoms with van der Waals surface area (Å²) >= 11 is 0. The van der Waals surface area contributed by atoms with Gasteiger partial charge in [0.05, 0.1) is 14.2 Å². The van der Waals surface area contributed by atoms with Crippen LogP contribution in [0.2, 0.25) is 0 Å². The summed E-state index contributed by atoms with van der Waals surface area (Å²) in [4.78, 5) is 22.7. The fourth-order valence-electron chi connectivity index (χ4n) is 1.81. The summed E-state index contributed by atoms with van der Waals surface area (Å²) in [6, 6.07) is -1.36. The summed E-state index contributed by atoms with van der Waals surface area (Å²) in [6.07, 6.45) is 0. The molecular formula is C9H17N2O5P. The predicted octanol–water partition coefficient (Wildman–Crippen LogP) is 0.465. The Bertz CT molecular complexity index is 354. The summed E-state index contributed by atoms with van der Waals surface area (Å²) < 4.78 is 24.1. The third-order valence-corrected chi connectivity index (χ3v) is 5.16. The van der Waals surface area contributed by atoms with E-state index in [-0.39, 0.29) is 0 Å². The zero-order chi connectivity index (χ0) is 13.4. The van der Waals surface area contributed by atoms with Crippen molar-refractivity contribution in [3.63, 3.8) is 0 Å². The van der Waals surface area contributed by atoms with Gasteiger partial charge >= 0.3 is 11.9 Å². The molecule has 0 spiro atoms. The molecule has 17 heavy (non-hydrogen) atoms. The Morgan fingerprint density at radius 3 is 1.53 bits per heavy atom. The van der Waals surface area contributed by atoms with Gasteiger partial charge < -0.3 is 9.47 Å². The molecule has 7 nitrogen and oxygen atoms in total. The van der Waals surface area contributed by atoms with Crippen LogP contribution in [0.25, 0.3) is 0 Å². The van der Waals surface area contributed by atoms with Gasteiger partial charge in [-0.2, -0.15) is 9.56 Å². The van der Waals surface area contributed by atoms with E-state index in [0.29, 0.717) is 0 Å². The molecule has 1 fully saturated rings. The standard InChI is InChI=1S/C9H17N2O5P/c1-6(8(12)15-3)10-11(17(10,5)14)7(2)9(13)16-4/h6-7H,1-5H3/t6-,7-,10?,11?,17?/m0/s1. The van der Waals surface area contributed by atoms with Crippen molar-refractivity contribution >= 4 is 19.4 Å². The lowest BCUT2D eigenvalue weighted by Gasteiger charge is -2.12. The Balaban J connectivity index is 2.81. The van der Waals surface area contributed by atoms with Gasteiger partial charge in [0.2, 0.25) is 7.44 Å². The number of hydrogen-bond acceptors (Lipinski definition) is 5. The monoisotopic (exact) mass is 264 g/mol. The van der Waals surface area contributed by atoms with E-state index in [2.05, 4.69) is 9.47 Å². The fourth-order valence-corrected chi connectivity index (χ4v) is 4.48. The first kappa shape index (κ1) is 14.2. The van der Waals surface area contributed by atoms with Gasteiger partial charge in [0.25, 0.3) is 0 Å². The summed E-state index contributed by atoms with van der Waals surface area (Å²) in [5.41, 5.74) is 0. The summed E-state index contributed by atoms with van der Waals surface area (Å²) in [5.74, 6) is -0.988. The number of carbonyl (C=O) groups is 2. The molecule has 1 aliphatic rings. The van der Waals surface area contributed by atoms with Crippen molar-refractivity contribution in [1.82, 2.24) is 9.56 Å². The van der Waals surface area contributed by atoms with E-state index in [0.717, 1.165) is 0 Å². The Labute approximate surface area is 100 Å². The quantitative estimate of drug-likeness (QED) is 0.415. The van der Waals surface area contributed by atoms with Gasteiger partial charge in [0.1, 0.15) is 12.1 Å². The number of esters is 2. The number of methoxy groups -OCH3 is 2. The van der Waals surface area contributed by atoms with Crippen LogP contribution in [0.5, 0.6) is 0 Å². The minimum absolute atomic E-state index is 0.494. The first-order valence-electron chi connectivity index (χ1n) is 5.11. The zero-order valence-corrected chi connectivity index (χ0v) is 11.4. The highest BCUT2D eigenvalue weighted by molar-refractivity contribution is 7.64. The topological polar surface area (TPSA) is 75.7 Å². The predicted molar refractivity (Wildman–Crippen MR) is 60.2 cm³/mol. The van der Waals surface area contributed by atoms with Crippen LogP contribution >= 0.6 is 7.44 Å². The second-order valence-electron chi connectivity index (χ2n) is 3.87. The minimum atomic E-state index is -2.79. The summed E-state index contributed by atoms with van der Waals surface area (Å²) in [7, 11) is -0.269. The van der Waals surface area contributed by atoms with Crippen molar-refractivity contribution in [3.05, 3.63) is 0 Å². The Morgan fingerprint density at radius 2 is 1.29 bits per heavy atom. The highest BCUT2D eigenvalue weighted by Gasteiger charge is 2.61. The number of ether oxygens (including phenoxy) is 2. The van der Waals surface area contributed by atoms with Crippen LogP contribution in [0.3, 0.4) is 0 Å². The molecule has 0 N–H and O–H groups in total. The third kappa shape index (κ3) is 2.36. The van der Waals surface area contributed by atoms with Crippen LogP contribution in [0.1, 0.15) is 13.8 Å². The van der Waals surface area contributed by atoms with Crippen molar-refractivity contribution < 1.29 is 23.6 Å². The molecule has 1 aliphatic heterocycles. The molecule has 8 heteroatoms. The molecule has 0 aromatic heterocycles. The van der Waals surface area contributed by atoms with Crippen molar-refractivity contribution in [2.75, 3.05) is 20.9 Å². The number of hydrazine groups is 1. The van der Waals surface area contributed by atoms with Crippen molar-refractivity contribution in [2.45, 2.75) is 25.9 Å². The number of hydrogen-bond donors (Lipinski definition) is 0. The smallest absolute Gasteiger partial charge is 0.324 e. The van der Waals surface area contributed by atoms with Crippen LogP contribution in [0.15, 0.2) is 0 Å². The van der Waals surface area contributed by atoms with E-state index in [4.69, 9.17) is 0 Å². The Hall–Kier alpha value is -0.910. The summed E-state index contributed by atoms with van der Waals surface area (Å²) in [5, 5.41) is 0. The molecule has 0 radical (unpaired) electrons. The lowest BCUT2D eigenvalue weighted by molar-refractivity contribution is -0.149. The van der Waals surface area contributed by atoms with Gasteiger partial charge in [-0.05, 0) is 13.8 Å². The summed E-state index contributed by atoms with van der Waals surface area (Å²) in [6.45, 7) is 4.64. The highest BCUT2D eigenvalue weighted by Crippen LogP contribution is 2.70. The van der Waals surface area contributed by atoms with Gasteiger partial charge in [-0.25, -0.2) is 0 Å². The molecular weight excluding hydrogens is 247 g/mol. The largest absolute Gasteiger partial charge is 0.468 e. The van der Waals surface area contributed by atoms with Crippen molar-refractivity contribution in [1.29, 1.82) is 0 Å². The average Bonchev–Trinajstić information content (AvgIpc) is 2.87. The lowest BCUT2D eigenvalue weighted by Crippen LogP contribution is -2.35. The first-order valence-corrected chi connectivity index (χ1v) is 7.17. The highest BCUT2D eigenvalue weighted by atomic mass is 31.2. The first-order chi connectivity index (χ1) is 7.78. The Kier molecular flexibility index (Phi) is 3.96. The van der Waals surface area contributed by atoms with E-state index in [1.54, 1.807) is 13.8 Å². The van der Waals surface area contributed by atoms with E-state index in [1.165, 1.54) is 30.4 Å². The van der Waals surface area contributed by atoms with Gasteiger partial charge in [-0.1, -0.05) is 0 Å². The van der Waals surface area contributed by atoms with Crippen LogP contribution in [-0.4, -0.2) is 54.5 Å². The maximum atomic E-state index is 12.1. The SMILES string of the molecule is COC(=O)[C@H](C)N1N([C@@H](C)C(=O)OC)P1(C)=O. The molecule has 0 aromatic carbocycles. The van der Waals surface area contributed by atoms with Crippen molar-refractivity contribution in [3.8, 4) is 0 Å². The molecule has 0 aliphatic carbocycles. The van der Waals surface area contributed by atoms with Gasteiger partial charge in [0.15, 0.2) is 0 Å². The lowest BCUT2D eigenvalue weighted by atomic mass is 10.3. The molecule has 4 atom stereocenters. The van der Waals surface area contributed by atoms with Gasteiger partial charge in [0, 0.05) is 6.66 Å². The van der Waals surface area contributed by atoms with E-state index in [1.807, 2.05) is 0 Å². The average molecular weight is 264 g/mol. The van der Waals surface area contributed by atoms with Crippen molar-refractivity contribution in [2.24, 2.45) is 0 Å². The number of nitrogens with zero attached hydrogens (tertiary/aromatic N) is 2. The molecule has 1 heterocycles. The van der Waals surface area contributed by atoms with Crippen LogP contribution < -0.4 is 0 Å². The second kappa shape index (κ2) is 4.76. The molecule has 0 aromatic rings. The zero-order valence-electron chi connectivity index (χ0n) is 10.5. The van der Waals surface area contributed by atoms with E-state index >= 15 is 0 Å².